The van der Waals surface area contributed by atoms with Gasteiger partial charge in [0.2, 0.25) is 5.91 Å². The van der Waals surface area contributed by atoms with Crippen LogP contribution in [0.1, 0.15) is 36.4 Å². The van der Waals surface area contributed by atoms with Crippen LogP contribution in [-0.2, 0) is 16.1 Å². The van der Waals surface area contributed by atoms with E-state index in [4.69, 9.17) is 9.15 Å². The summed E-state index contributed by atoms with van der Waals surface area (Å²) in [6.45, 7) is 3.36. The first-order valence-electron chi connectivity index (χ1n) is 9.29. The molecular weight excluding hydrogens is 406 g/mol. The van der Waals surface area contributed by atoms with E-state index in [9.17, 15) is 14.4 Å². The molecule has 8 nitrogen and oxygen atoms in total. The number of aromatic nitrogens is 1. The summed E-state index contributed by atoms with van der Waals surface area (Å²) < 4.78 is 11.1. The Kier molecular flexibility index (Phi) is 6.97. The van der Waals surface area contributed by atoms with E-state index < -0.39 is 0 Å². The van der Waals surface area contributed by atoms with Crippen molar-refractivity contribution in [2.24, 2.45) is 0 Å². The Balaban J connectivity index is 1.51. The van der Waals surface area contributed by atoms with E-state index in [2.05, 4.69) is 15.6 Å². The predicted octanol–water partition coefficient (Wildman–Crippen LogP) is 3.65. The van der Waals surface area contributed by atoms with Gasteiger partial charge in [0.1, 0.15) is 17.2 Å². The van der Waals surface area contributed by atoms with E-state index in [0.29, 0.717) is 46.6 Å². The average Bonchev–Trinajstić information content (AvgIpc) is 3.40. The number of hydrogen-bond donors (Lipinski definition) is 2. The molecule has 1 aromatic carbocycles. The van der Waals surface area contributed by atoms with Crippen LogP contribution in [0, 0.1) is 0 Å². The van der Waals surface area contributed by atoms with Crippen LogP contribution in [0.2, 0.25) is 0 Å². The van der Waals surface area contributed by atoms with Gasteiger partial charge in [-0.3, -0.25) is 19.7 Å². The highest BCUT2D eigenvalue weighted by atomic mass is 32.1. The van der Waals surface area contributed by atoms with Gasteiger partial charge in [-0.15, -0.1) is 11.3 Å². The van der Waals surface area contributed by atoms with Crippen LogP contribution in [0.15, 0.2) is 46.2 Å². The number of ketones is 1. The second-order valence-corrected chi connectivity index (χ2v) is 7.21. The van der Waals surface area contributed by atoms with Gasteiger partial charge in [0.05, 0.1) is 6.54 Å². The minimum Gasteiger partial charge on any atom is -0.484 e. The predicted molar refractivity (Wildman–Crippen MR) is 113 cm³/mol. The van der Waals surface area contributed by atoms with Gasteiger partial charge in [0.15, 0.2) is 23.3 Å². The quantitative estimate of drug-likeness (QED) is 0.504. The van der Waals surface area contributed by atoms with Crippen LogP contribution in [0.25, 0.3) is 11.5 Å². The first kappa shape index (κ1) is 21.3. The zero-order chi connectivity index (χ0) is 21.5. The Hall–Kier alpha value is -3.46. The molecule has 0 unspecified atom stereocenters. The minimum atomic E-state index is -0.351. The maximum absolute atomic E-state index is 12.1. The van der Waals surface area contributed by atoms with Crippen LogP contribution in [-0.4, -0.2) is 29.2 Å². The lowest BCUT2D eigenvalue weighted by molar-refractivity contribution is -0.119. The molecule has 0 saturated heterocycles. The normalized spacial score (nSPS) is 10.5. The third kappa shape index (κ3) is 5.77. The maximum atomic E-state index is 12.1. The number of nitrogens with zero attached hydrogens (tertiary/aromatic N) is 1. The number of ether oxygens (including phenoxy) is 1. The molecule has 0 aliphatic heterocycles. The zero-order valence-corrected chi connectivity index (χ0v) is 17.4. The third-order valence-electron chi connectivity index (χ3n) is 4.04. The number of hydrogen-bond acceptors (Lipinski definition) is 7. The summed E-state index contributed by atoms with van der Waals surface area (Å²) in [6.07, 6.45) is 0.438. The Morgan fingerprint density at radius 3 is 2.60 bits per heavy atom. The van der Waals surface area contributed by atoms with Crippen LogP contribution >= 0.6 is 11.3 Å². The first-order valence-corrected chi connectivity index (χ1v) is 10.2. The molecule has 2 N–H and O–H groups in total. The van der Waals surface area contributed by atoms with Gasteiger partial charge in [0, 0.05) is 24.3 Å². The van der Waals surface area contributed by atoms with Crippen molar-refractivity contribution in [1.82, 2.24) is 10.3 Å². The summed E-state index contributed by atoms with van der Waals surface area (Å²) in [6, 6.07) is 10.2. The monoisotopic (exact) mass is 427 g/mol. The van der Waals surface area contributed by atoms with Crippen LogP contribution in [0.5, 0.6) is 5.75 Å². The lowest BCUT2D eigenvalue weighted by Gasteiger charge is -2.06. The van der Waals surface area contributed by atoms with Gasteiger partial charge in [-0.05, 0) is 36.4 Å². The fraction of sp³-hybridized carbons (Fsp3) is 0.238. The molecule has 0 atom stereocenters. The van der Waals surface area contributed by atoms with E-state index in [-0.39, 0.29) is 24.2 Å². The molecule has 0 aliphatic rings. The molecular formula is C21H21N3O5S. The number of furan rings is 1. The number of anilines is 1. The smallest absolute Gasteiger partial charge is 0.264 e. The standard InChI is InChI=1S/C21H21N3O5S/c1-3-18(26)14-4-6-15(7-5-14)28-11-20(27)24-21-23-17(12-30-21)19-9-8-16(29-19)10-22-13(2)25/h4-9,12H,3,10-11H2,1-2H3,(H,22,25)(H,23,24,27). The summed E-state index contributed by atoms with van der Waals surface area (Å²) in [7, 11) is 0. The highest BCUT2D eigenvalue weighted by Crippen LogP contribution is 2.26. The zero-order valence-electron chi connectivity index (χ0n) is 16.6. The molecule has 3 aromatic rings. The van der Waals surface area contributed by atoms with Crippen LogP contribution in [0.3, 0.4) is 0 Å². The van der Waals surface area contributed by atoms with Crippen molar-refractivity contribution in [3.63, 3.8) is 0 Å². The molecule has 2 heterocycles. The number of rotatable bonds is 9. The minimum absolute atomic E-state index is 0.0534. The summed E-state index contributed by atoms with van der Waals surface area (Å²) in [4.78, 5) is 39.1. The molecule has 0 radical (unpaired) electrons. The largest absolute Gasteiger partial charge is 0.484 e. The van der Waals surface area contributed by atoms with Crippen molar-refractivity contribution in [3.05, 3.63) is 53.1 Å². The maximum Gasteiger partial charge on any atom is 0.264 e. The van der Waals surface area contributed by atoms with Gasteiger partial charge in [-0.25, -0.2) is 4.98 Å². The number of benzene rings is 1. The number of nitrogens with one attached hydrogen (secondary N) is 2. The molecule has 0 aliphatic carbocycles. The Bertz CT molecular complexity index is 1040. The van der Waals surface area contributed by atoms with Gasteiger partial charge < -0.3 is 14.5 Å². The highest BCUT2D eigenvalue weighted by Gasteiger charge is 2.12. The molecule has 0 spiro atoms. The lowest BCUT2D eigenvalue weighted by atomic mass is 10.1. The third-order valence-corrected chi connectivity index (χ3v) is 4.80. The van der Waals surface area contributed by atoms with Gasteiger partial charge in [-0.2, -0.15) is 0 Å². The van der Waals surface area contributed by atoms with E-state index in [1.807, 2.05) is 0 Å². The molecule has 3 rings (SSSR count). The second kappa shape index (κ2) is 9.84. The average molecular weight is 427 g/mol. The molecule has 30 heavy (non-hydrogen) atoms. The number of thiazole rings is 1. The summed E-state index contributed by atoms with van der Waals surface area (Å²) in [5, 5.41) is 7.52. The van der Waals surface area contributed by atoms with Crippen LogP contribution < -0.4 is 15.4 Å². The van der Waals surface area contributed by atoms with Crippen LogP contribution in [0.4, 0.5) is 5.13 Å². The second-order valence-electron chi connectivity index (χ2n) is 6.35. The molecule has 0 fully saturated rings. The Morgan fingerprint density at radius 2 is 1.90 bits per heavy atom. The first-order chi connectivity index (χ1) is 14.4. The van der Waals surface area contributed by atoms with Crippen molar-refractivity contribution in [2.45, 2.75) is 26.8 Å². The van der Waals surface area contributed by atoms with Gasteiger partial charge >= 0.3 is 0 Å². The van der Waals surface area contributed by atoms with Gasteiger partial charge in [-0.1, -0.05) is 6.92 Å². The number of carbonyl (C=O) groups is 3. The molecule has 2 aromatic heterocycles. The Labute approximate surface area is 177 Å². The van der Waals surface area contributed by atoms with Crippen molar-refractivity contribution in [2.75, 3.05) is 11.9 Å². The summed E-state index contributed by atoms with van der Waals surface area (Å²) in [5.74, 6) is 1.22. The summed E-state index contributed by atoms with van der Waals surface area (Å²) >= 11 is 1.26. The van der Waals surface area contributed by atoms with E-state index >= 15 is 0 Å². The van der Waals surface area contributed by atoms with Crippen molar-refractivity contribution >= 4 is 34.1 Å². The van der Waals surface area contributed by atoms with E-state index in [1.165, 1.54) is 18.3 Å². The highest BCUT2D eigenvalue weighted by molar-refractivity contribution is 7.14. The number of Topliss-reactive ketones (excluding diaryl/α,β-unsaturated/α-hetero) is 1. The molecule has 2 amide bonds. The van der Waals surface area contributed by atoms with Crippen molar-refractivity contribution in [1.29, 1.82) is 0 Å². The SMILES string of the molecule is CCC(=O)c1ccc(OCC(=O)Nc2nc(-c3ccc(CNC(C)=O)o3)cs2)cc1. The number of carbonyl (C=O) groups excluding carboxylic acids is 3. The Morgan fingerprint density at radius 1 is 1.13 bits per heavy atom. The van der Waals surface area contributed by atoms with E-state index in [1.54, 1.807) is 48.7 Å². The van der Waals surface area contributed by atoms with E-state index in [0.717, 1.165) is 0 Å². The fourth-order valence-corrected chi connectivity index (χ4v) is 3.23. The summed E-state index contributed by atoms with van der Waals surface area (Å²) in [5.41, 5.74) is 1.20. The molecule has 9 heteroatoms. The van der Waals surface area contributed by atoms with Gasteiger partial charge in [0.25, 0.3) is 5.91 Å². The molecule has 0 bridgehead atoms. The topological polar surface area (TPSA) is 111 Å². The van der Waals surface area contributed by atoms with Crippen molar-refractivity contribution in [3.8, 4) is 17.2 Å². The molecule has 0 saturated carbocycles. The number of amides is 2. The lowest BCUT2D eigenvalue weighted by Crippen LogP contribution is -2.20. The fourth-order valence-electron chi connectivity index (χ4n) is 2.51. The molecule has 156 valence electrons. The van der Waals surface area contributed by atoms with Crippen molar-refractivity contribution < 1.29 is 23.5 Å².